The molecule has 0 bridgehead atoms. The summed E-state index contributed by atoms with van der Waals surface area (Å²) in [6.45, 7) is 7.31. The maximum Gasteiger partial charge on any atom is 0.251 e. The van der Waals surface area contributed by atoms with Crippen LogP contribution in [0.5, 0.6) is 0 Å². The molecule has 0 radical (unpaired) electrons. The number of H-pyrrole nitrogens is 1. The maximum atomic E-state index is 11.4. The first kappa shape index (κ1) is 13.6. The summed E-state index contributed by atoms with van der Waals surface area (Å²) in [6.07, 6.45) is 2.39. The van der Waals surface area contributed by atoms with Gasteiger partial charge in [0.2, 0.25) is 0 Å². The Bertz CT molecular complexity index is 460. The third-order valence-electron chi connectivity index (χ3n) is 3.56. The van der Waals surface area contributed by atoms with Crippen molar-refractivity contribution < 1.29 is 0 Å². The van der Waals surface area contributed by atoms with Gasteiger partial charge in [0.1, 0.15) is 0 Å². The molecule has 1 fully saturated rings. The number of hydrogen-bond acceptors (Lipinski definition) is 4. The van der Waals surface area contributed by atoms with Gasteiger partial charge in [-0.1, -0.05) is 25.6 Å². The molecule has 3 unspecified atom stereocenters. The lowest BCUT2D eigenvalue weighted by Gasteiger charge is -2.20. The molecule has 1 aliphatic carbocycles. The van der Waals surface area contributed by atoms with Gasteiger partial charge in [-0.05, 0) is 32.2 Å². The van der Waals surface area contributed by atoms with E-state index in [0.29, 0.717) is 17.2 Å². The molecule has 18 heavy (non-hydrogen) atoms. The summed E-state index contributed by atoms with van der Waals surface area (Å²) in [5, 5.41) is 4.83. The molecular formula is C13H21N3OS. The molecule has 0 aliphatic heterocycles. The van der Waals surface area contributed by atoms with Gasteiger partial charge >= 0.3 is 0 Å². The molecule has 5 heteroatoms. The summed E-state index contributed by atoms with van der Waals surface area (Å²) >= 11 is 1.71. The highest BCUT2D eigenvalue weighted by Gasteiger charge is 2.33. The number of hydrogen-bond donors (Lipinski definition) is 2. The standard InChI is InChI=1S/C13H21N3OS/c1-4-14-10-5-6-11(9(10)3)18-13-15-8(2)7-12(17)16-13/h7,9-11,14H,4-6H2,1-3H3,(H,15,16,17). The van der Waals surface area contributed by atoms with E-state index in [9.17, 15) is 4.79 Å². The third kappa shape index (κ3) is 3.14. The summed E-state index contributed by atoms with van der Waals surface area (Å²) in [5.74, 6) is 0.612. The fraction of sp³-hybridized carbons (Fsp3) is 0.692. The van der Waals surface area contributed by atoms with Crippen molar-refractivity contribution in [1.29, 1.82) is 0 Å². The second-order valence-electron chi connectivity index (χ2n) is 4.95. The van der Waals surface area contributed by atoms with Crippen molar-refractivity contribution in [2.45, 2.75) is 50.1 Å². The minimum absolute atomic E-state index is 0.0566. The average molecular weight is 267 g/mol. The molecule has 1 aliphatic rings. The van der Waals surface area contributed by atoms with Crippen LogP contribution in [0.15, 0.2) is 16.0 Å². The van der Waals surface area contributed by atoms with E-state index in [1.54, 1.807) is 11.8 Å². The van der Waals surface area contributed by atoms with Crippen molar-refractivity contribution in [2.24, 2.45) is 5.92 Å². The molecule has 1 saturated carbocycles. The molecule has 1 aromatic rings. The lowest BCUT2D eigenvalue weighted by Crippen LogP contribution is -2.33. The van der Waals surface area contributed by atoms with Gasteiger partial charge in [0.05, 0.1) is 0 Å². The molecular weight excluding hydrogens is 246 g/mol. The Balaban J connectivity index is 2.04. The number of aryl methyl sites for hydroxylation is 1. The first-order valence-corrected chi connectivity index (χ1v) is 7.46. The highest BCUT2D eigenvalue weighted by molar-refractivity contribution is 7.99. The molecule has 3 atom stereocenters. The third-order valence-corrected chi connectivity index (χ3v) is 4.94. The Kier molecular flexibility index (Phi) is 4.45. The second-order valence-corrected chi connectivity index (χ2v) is 6.18. The zero-order valence-corrected chi connectivity index (χ0v) is 12.0. The van der Waals surface area contributed by atoms with Crippen LogP contribution in [0, 0.1) is 12.8 Å². The quantitative estimate of drug-likeness (QED) is 0.819. The zero-order chi connectivity index (χ0) is 13.1. The average Bonchev–Trinajstić information content (AvgIpc) is 2.61. The number of aromatic amines is 1. The van der Waals surface area contributed by atoms with Crippen LogP contribution < -0.4 is 10.9 Å². The summed E-state index contributed by atoms with van der Waals surface area (Å²) in [4.78, 5) is 18.6. The fourth-order valence-corrected chi connectivity index (χ4v) is 3.90. The topological polar surface area (TPSA) is 57.8 Å². The number of rotatable bonds is 4. The van der Waals surface area contributed by atoms with Crippen LogP contribution >= 0.6 is 11.8 Å². The first-order valence-electron chi connectivity index (χ1n) is 6.58. The summed E-state index contributed by atoms with van der Waals surface area (Å²) in [5.41, 5.74) is 0.731. The second kappa shape index (κ2) is 5.89. The van der Waals surface area contributed by atoms with Gasteiger partial charge in [-0.2, -0.15) is 0 Å². The number of nitrogens with zero attached hydrogens (tertiary/aromatic N) is 1. The molecule has 1 heterocycles. The van der Waals surface area contributed by atoms with Gasteiger partial charge < -0.3 is 10.3 Å². The van der Waals surface area contributed by atoms with Crippen LogP contribution in [0.25, 0.3) is 0 Å². The molecule has 2 N–H and O–H groups in total. The van der Waals surface area contributed by atoms with Crippen molar-refractivity contribution in [1.82, 2.24) is 15.3 Å². The predicted molar refractivity (Wildman–Crippen MR) is 75.1 cm³/mol. The van der Waals surface area contributed by atoms with Crippen molar-refractivity contribution in [2.75, 3.05) is 6.54 Å². The Labute approximate surface area is 112 Å². The van der Waals surface area contributed by atoms with E-state index in [1.807, 2.05) is 6.92 Å². The Morgan fingerprint density at radius 3 is 3.00 bits per heavy atom. The zero-order valence-electron chi connectivity index (χ0n) is 11.2. The number of thioether (sulfide) groups is 1. The molecule has 2 rings (SSSR count). The van der Waals surface area contributed by atoms with Gasteiger partial charge in [0.15, 0.2) is 5.16 Å². The molecule has 4 nitrogen and oxygen atoms in total. The lowest BCUT2D eigenvalue weighted by atomic mass is 10.1. The van der Waals surface area contributed by atoms with E-state index in [1.165, 1.54) is 18.9 Å². The van der Waals surface area contributed by atoms with E-state index in [4.69, 9.17) is 0 Å². The van der Waals surface area contributed by atoms with Gasteiger partial charge in [-0.25, -0.2) is 4.98 Å². The van der Waals surface area contributed by atoms with Gasteiger partial charge in [-0.15, -0.1) is 0 Å². The smallest absolute Gasteiger partial charge is 0.251 e. The Morgan fingerprint density at radius 1 is 1.56 bits per heavy atom. The lowest BCUT2D eigenvalue weighted by molar-refractivity contribution is 0.441. The first-order chi connectivity index (χ1) is 8.60. The highest BCUT2D eigenvalue weighted by atomic mass is 32.2. The van der Waals surface area contributed by atoms with Crippen molar-refractivity contribution >= 4 is 11.8 Å². The normalized spacial score (nSPS) is 27.6. The number of nitrogens with one attached hydrogen (secondary N) is 2. The monoisotopic (exact) mass is 267 g/mol. The molecule has 100 valence electrons. The van der Waals surface area contributed by atoms with Crippen LogP contribution in [0.1, 0.15) is 32.4 Å². The highest BCUT2D eigenvalue weighted by Crippen LogP contribution is 2.37. The molecule has 0 aromatic carbocycles. The predicted octanol–water partition coefficient (Wildman–Crippen LogP) is 1.95. The van der Waals surface area contributed by atoms with Crippen LogP contribution in [-0.4, -0.2) is 27.8 Å². The fourth-order valence-electron chi connectivity index (χ4n) is 2.60. The molecule has 0 amide bonds. The minimum atomic E-state index is -0.0566. The van der Waals surface area contributed by atoms with Crippen molar-refractivity contribution in [3.63, 3.8) is 0 Å². The van der Waals surface area contributed by atoms with E-state index < -0.39 is 0 Å². The van der Waals surface area contributed by atoms with Crippen molar-refractivity contribution in [3.8, 4) is 0 Å². The van der Waals surface area contributed by atoms with E-state index in [2.05, 4.69) is 29.1 Å². The van der Waals surface area contributed by atoms with E-state index in [0.717, 1.165) is 17.4 Å². The maximum absolute atomic E-state index is 11.4. The van der Waals surface area contributed by atoms with E-state index >= 15 is 0 Å². The van der Waals surface area contributed by atoms with Gasteiger partial charge in [-0.3, -0.25) is 4.79 Å². The van der Waals surface area contributed by atoms with E-state index in [-0.39, 0.29) is 5.56 Å². The van der Waals surface area contributed by atoms with Crippen LogP contribution in [0.3, 0.4) is 0 Å². The number of aromatic nitrogens is 2. The SMILES string of the molecule is CCNC1CCC(Sc2nc(C)cc(=O)[nH]2)C1C. The Hall–Kier alpha value is -0.810. The van der Waals surface area contributed by atoms with Gasteiger partial charge in [0.25, 0.3) is 5.56 Å². The van der Waals surface area contributed by atoms with Crippen LogP contribution in [-0.2, 0) is 0 Å². The van der Waals surface area contributed by atoms with Crippen molar-refractivity contribution in [3.05, 3.63) is 22.1 Å². The molecule has 0 saturated heterocycles. The summed E-state index contributed by atoms with van der Waals surface area (Å²) in [7, 11) is 0. The Morgan fingerprint density at radius 2 is 2.33 bits per heavy atom. The molecule has 0 spiro atoms. The minimum Gasteiger partial charge on any atom is -0.314 e. The van der Waals surface area contributed by atoms with Crippen LogP contribution in [0.2, 0.25) is 0 Å². The molecule has 1 aromatic heterocycles. The summed E-state index contributed by atoms with van der Waals surface area (Å²) < 4.78 is 0. The summed E-state index contributed by atoms with van der Waals surface area (Å²) in [6, 6.07) is 2.13. The largest absolute Gasteiger partial charge is 0.314 e. The van der Waals surface area contributed by atoms with Crippen LogP contribution in [0.4, 0.5) is 0 Å². The van der Waals surface area contributed by atoms with Gasteiger partial charge in [0, 0.05) is 23.1 Å².